The summed E-state index contributed by atoms with van der Waals surface area (Å²) in [6.07, 6.45) is 4.61. The zero-order valence-electron chi connectivity index (χ0n) is 9.53. The Hall–Kier alpha value is -1.32. The Morgan fingerprint density at radius 2 is 2.20 bits per heavy atom. The number of carboxylic acids is 1. The second-order valence-corrected chi connectivity index (χ2v) is 4.74. The van der Waals surface area contributed by atoms with Crippen LogP contribution in [0.5, 0.6) is 0 Å². The fourth-order valence-electron chi connectivity index (χ4n) is 1.28. The van der Waals surface area contributed by atoms with Crippen molar-refractivity contribution in [3.8, 4) is 0 Å². The van der Waals surface area contributed by atoms with E-state index in [0.29, 0.717) is 6.42 Å². The molecule has 0 atom stereocenters. The fourth-order valence-corrected chi connectivity index (χ4v) is 1.28. The Morgan fingerprint density at radius 3 is 2.67 bits per heavy atom. The third-order valence-electron chi connectivity index (χ3n) is 2.21. The third kappa shape index (κ3) is 3.73. The van der Waals surface area contributed by atoms with Gasteiger partial charge in [0.2, 0.25) is 0 Å². The first-order valence-electron chi connectivity index (χ1n) is 5.13. The highest BCUT2D eigenvalue weighted by Crippen LogP contribution is 2.19. The molecule has 1 aromatic heterocycles. The highest BCUT2D eigenvalue weighted by Gasteiger charge is 2.16. The van der Waals surface area contributed by atoms with Crippen LogP contribution in [0.1, 0.15) is 39.3 Å². The van der Waals surface area contributed by atoms with E-state index in [1.807, 2.05) is 10.8 Å². The summed E-state index contributed by atoms with van der Waals surface area (Å²) in [5.74, 6) is -0.744. The van der Waals surface area contributed by atoms with E-state index in [0.717, 1.165) is 12.2 Å². The van der Waals surface area contributed by atoms with Crippen LogP contribution in [-0.4, -0.2) is 20.6 Å². The molecule has 0 aliphatic rings. The van der Waals surface area contributed by atoms with Gasteiger partial charge in [-0.05, 0) is 6.42 Å². The van der Waals surface area contributed by atoms with Crippen LogP contribution < -0.4 is 0 Å². The Labute approximate surface area is 89.9 Å². The number of carboxylic acid groups (broad SMARTS) is 1. The molecule has 1 N–H and O–H groups in total. The Kier molecular flexibility index (Phi) is 3.50. The summed E-state index contributed by atoms with van der Waals surface area (Å²) in [6, 6.07) is 0. The molecule has 0 aliphatic carbocycles. The maximum absolute atomic E-state index is 10.3. The third-order valence-corrected chi connectivity index (χ3v) is 2.21. The van der Waals surface area contributed by atoms with Crippen molar-refractivity contribution in [2.24, 2.45) is 0 Å². The SMILES string of the molecule is CC(C)(C)c1cn(CCCC(=O)O)cn1. The second-order valence-electron chi connectivity index (χ2n) is 4.74. The molecule has 0 bridgehead atoms. The maximum atomic E-state index is 10.3. The number of hydrogen-bond donors (Lipinski definition) is 1. The predicted octanol–water partition coefficient (Wildman–Crippen LogP) is 2.05. The van der Waals surface area contributed by atoms with Crippen LogP contribution in [0.25, 0.3) is 0 Å². The first kappa shape index (κ1) is 11.8. The van der Waals surface area contributed by atoms with Crippen molar-refractivity contribution >= 4 is 5.97 Å². The second kappa shape index (κ2) is 4.47. The van der Waals surface area contributed by atoms with E-state index < -0.39 is 5.97 Å². The minimum atomic E-state index is -0.744. The van der Waals surface area contributed by atoms with Crippen molar-refractivity contribution in [1.82, 2.24) is 9.55 Å². The normalized spacial score (nSPS) is 11.7. The number of carbonyl (C=O) groups is 1. The topological polar surface area (TPSA) is 55.1 Å². The lowest BCUT2D eigenvalue weighted by atomic mass is 9.93. The lowest BCUT2D eigenvalue weighted by Crippen LogP contribution is -2.11. The molecule has 0 spiro atoms. The van der Waals surface area contributed by atoms with E-state index in [1.165, 1.54) is 0 Å². The van der Waals surface area contributed by atoms with Gasteiger partial charge >= 0.3 is 5.97 Å². The van der Waals surface area contributed by atoms with Crippen molar-refractivity contribution in [3.63, 3.8) is 0 Å². The number of rotatable bonds is 4. The van der Waals surface area contributed by atoms with Crippen LogP contribution in [-0.2, 0) is 16.8 Å². The fraction of sp³-hybridized carbons (Fsp3) is 0.636. The first-order chi connectivity index (χ1) is 6.89. The molecule has 0 fully saturated rings. The Bertz CT molecular complexity index is 337. The molecule has 0 unspecified atom stereocenters. The molecule has 15 heavy (non-hydrogen) atoms. The summed E-state index contributed by atoms with van der Waals surface area (Å²) in [5.41, 5.74) is 1.09. The number of aliphatic carboxylic acids is 1. The molecule has 0 saturated heterocycles. The van der Waals surface area contributed by atoms with Gasteiger partial charge in [0.1, 0.15) is 0 Å². The highest BCUT2D eigenvalue weighted by atomic mass is 16.4. The van der Waals surface area contributed by atoms with Crippen molar-refractivity contribution in [3.05, 3.63) is 18.2 Å². The quantitative estimate of drug-likeness (QED) is 0.827. The van der Waals surface area contributed by atoms with Gasteiger partial charge in [-0.25, -0.2) is 4.98 Å². The average molecular weight is 210 g/mol. The van der Waals surface area contributed by atoms with Crippen LogP contribution in [0.3, 0.4) is 0 Å². The summed E-state index contributed by atoms with van der Waals surface area (Å²) < 4.78 is 1.95. The first-order valence-corrected chi connectivity index (χ1v) is 5.13. The molecule has 0 radical (unpaired) electrons. The average Bonchev–Trinajstić information content (AvgIpc) is 2.51. The van der Waals surface area contributed by atoms with Gasteiger partial charge in [-0.1, -0.05) is 20.8 Å². The molecule has 4 heteroatoms. The van der Waals surface area contributed by atoms with E-state index in [9.17, 15) is 4.79 Å². The van der Waals surface area contributed by atoms with Gasteiger partial charge in [0.05, 0.1) is 12.0 Å². The van der Waals surface area contributed by atoms with E-state index in [2.05, 4.69) is 25.8 Å². The maximum Gasteiger partial charge on any atom is 0.303 e. The predicted molar refractivity (Wildman–Crippen MR) is 57.8 cm³/mol. The molecule has 0 aliphatic heterocycles. The van der Waals surface area contributed by atoms with Crippen molar-refractivity contribution in [1.29, 1.82) is 0 Å². The van der Waals surface area contributed by atoms with Gasteiger partial charge in [-0.2, -0.15) is 0 Å². The number of hydrogen-bond acceptors (Lipinski definition) is 2. The number of nitrogens with zero attached hydrogens (tertiary/aromatic N) is 2. The van der Waals surface area contributed by atoms with Crippen molar-refractivity contribution in [2.75, 3.05) is 0 Å². The van der Waals surface area contributed by atoms with Crippen molar-refractivity contribution in [2.45, 2.75) is 45.6 Å². The molecule has 0 aromatic carbocycles. The standard InChI is InChI=1S/C11H18N2O2/c1-11(2,3)9-7-13(8-12-9)6-4-5-10(14)15/h7-8H,4-6H2,1-3H3,(H,14,15). The molecule has 1 rings (SSSR count). The van der Waals surface area contributed by atoms with Gasteiger partial charge in [-0.15, -0.1) is 0 Å². The molecule has 0 saturated carbocycles. The summed E-state index contributed by atoms with van der Waals surface area (Å²) >= 11 is 0. The molecule has 4 nitrogen and oxygen atoms in total. The number of aromatic nitrogens is 2. The van der Waals surface area contributed by atoms with Crippen molar-refractivity contribution < 1.29 is 9.90 Å². The highest BCUT2D eigenvalue weighted by molar-refractivity contribution is 5.66. The van der Waals surface area contributed by atoms with E-state index in [4.69, 9.17) is 5.11 Å². The molecule has 1 heterocycles. The van der Waals surface area contributed by atoms with Crippen LogP contribution >= 0.6 is 0 Å². The zero-order valence-corrected chi connectivity index (χ0v) is 9.53. The van der Waals surface area contributed by atoms with Gasteiger partial charge in [0, 0.05) is 24.6 Å². The largest absolute Gasteiger partial charge is 0.481 e. The van der Waals surface area contributed by atoms with Crippen LogP contribution in [0.15, 0.2) is 12.5 Å². The van der Waals surface area contributed by atoms with E-state index in [-0.39, 0.29) is 11.8 Å². The molecule has 0 amide bonds. The molecule has 84 valence electrons. The van der Waals surface area contributed by atoms with Gasteiger partial charge in [-0.3, -0.25) is 4.79 Å². The van der Waals surface area contributed by atoms with Gasteiger partial charge in [0.15, 0.2) is 0 Å². The summed E-state index contributed by atoms with van der Waals surface area (Å²) in [4.78, 5) is 14.6. The van der Waals surface area contributed by atoms with Crippen LogP contribution in [0.2, 0.25) is 0 Å². The molecule has 1 aromatic rings. The van der Waals surface area contributed by atoms with Gasteiger partial charge < -0.3 is 9.67 Å². The smallest absolute Gasteiger partial charge is 0.303 e. The summed E-state index contributed by atoms with van der Waals surface area (Å²) in [5, 5.41) is 8.50. The lowest BCUT2D eigenvalue weighted by Gasteiger charge is -2.14. The van der Waals surface area contributed by atoms with E-state index in [1.54, 1.807) is 6.33 Å². The Morgan fingerprint density at radius 1 is 1.53 bits per heavy atom. The summed E-state index contributed by atoms with van der Waals surface area (Å²) in [6.45, 7) is 7.04. The minimum Gasteiger partial charge on any atom is -0.481 e. The Balaban J connectivity index is 2.50. The number of aryl methyl sites for hydroxylation is 1. The monoisotopic (exact) mass is 210 g/mol. The zero-order chi connectivity index (χ0) is 11.5. The van der Waals surface area contributed by atoms with Crippen LogP contribution in [0, 0.1) is 0 Å². The lowest BCUT2D eigenvalue weighted by molar-refractivity contribution is -0.137. The number of imidazole rings is 1. The molecular weight excluding hydrogens is 192 g/mol. The van der Waals surface area contributed by atoms with Gasteiger partial charge in [0.25, 0.3) is 0 Å². The van der Waals surface area contributed by atoms with Crippen LogP contribution in [0.4, 0.5) is 0 Å². The minimum absolute atomic E-state index is 0.0536. The summed E-state index contributed by atoms with van der Waals surface area (Å²) in [7, 11) is 0. The van der Waals surface area contributed by atoms with E-state index >= 15 is 0 Å². The molecular formula is C11H18N2O2.